The van der Waals surface area contributed by atoms with Crippen LogP contribution in [0.5, 0.6) is 23.1 Å². The summed E-state index contributed by atoms with van der Waals surface area (Å²) in [5.41, 5.74) is 1.75. The number of rotatable bonds is 8. The molecule has 0 saturated carbocycles. The van der Waals surface area contributed by atoms with Gasteiger partial charge in [-0.15, -0.1) is 0 Å². The van der Waals surface area contributed by atoms with Crippen molar-refractivity contribution >= 4 is 0 Å². The summed E-state index contributed by atoms with van der Waals surface area (Å²) in [6.45, 7) is 4.08. The summed E-state index contributed by atoms with van der Waals surface area (Å²) >= 11 is 0. The van der Waals surface area contributed by atoms with Gasteiger partial charge >= 0.3 is 0 Å². The lowest BCUT2D eigenvalue weighted by molar-refractivity contribution is 0.324. The molecule has 1 N–H and O–H groups in total. The van der Waals surface area contributed by atoms with Crippen LogP contribution in [0.1, 0.15) is 30.8 Å². The zero-order chi connectivity index (χ0) is 19.3. The lowest BCUT2D eigenvalue weighted by Crippen LogP contribution is -2.20. The Balaban J connectivity index is 2.45. The van der Waals surface area contributed by atoms with Crippen molar-refractivity contribution in [2.45, 2.75) is 26.7 Å². The molecule has 0 aliphatic carbocycles. The molecule has 0 radical (unpaired) electrons. The largest absolute Gasteiger partial charge is 0.493 e. The van der Waals surface area contributed by atoms with Crippen LogP contribution in [0.25, 0.3) is 0 Å². The molecule has 142 valence electrons. The Morgan fingerprint density at radius 3 is 2.08 bits per heavy atom. The molecule has 0 aliphatic heterocycles. The maximum Gasteiger partial charge on any atom is 0.270 e. The minimum absolute atomic E-state index is 0.193. The zero-order valence-corrected chi connectivity index (χ0v) is 16.1. The molecular weight excluding hydrogens is 336 g/mol. The highest BCUT2D eigenvalue weighted by molar-refractivity contribution is 5.54. The maximum absolute atomic E-state index is 12.3. The van der Waals surface area contributed by atoms with Gasteiger partial charge in [0.2, 0.25) is 11.6 Å². The Hall–Kier alpha value is -2.70. The van der Waals surface area contributed by atoms with Crippen LogP contribution in [-0.4, -0.2) is 38.4 Å². The maximum atomic E-state index is 12.3. The van der Waals surface area contributed by atoms with Crippen LogP contribution in [0.2, 0.25) is 0 Å². The van der Waals surface area contributed by atoms with Gasteiger partial charge in [-0.2, -0.15) is 0 Å². The predicted octanol–water partition coefficient (Wildman–Crippen LogP) is 2.59. The molecule has 0 amide bonds. The summed E-state index contributed by atoms with van der Waals surface area (Å²) in [7, 11) is 6.22. The van der Waals surface area contributed by atoms with Crippen molar-refractivity contribution in [1.82, 2.24) is 9.97 Å². The smallest absolute Gasteiger partial charge is 0.270 e. The first kappa shape index (κ1) is 19.6. The molecule has 26 heavy (non-hydrogen) atoms. The highest BCUT2D eigenvalue weighted by Crippen LogP contribution is 2.38. The highest BCUT2D eigenvalue weighted by atomic mass is 16.5. The van der Waals surface area contributed by atoms with Crippen LogP contribution in [-0.2, 0) is 12.8 Å². The van der Waals surface area contributed by atoms with Gasteiger partial charge in [0.05, 0.1) is 34.1 Å². The van der Waals surface area contributed by atoms with Crippen molar-refractivity contribution in [3.8, 4) is 23.1 Å². The van der Waals surface area contributed by atoms with Crippen molar-refractivity contribution in [1.29, 1.82) is 0 Å². The van der Waals surface area contributed by atoms with E-state index in [4.69, 9.17) is 18.9 Å². The van der Waals surface area contributed by atoms with Gasteiger partial charge in [-0.1, -0.05) is 13.8 Å². The molecule has 1 heterocycles. The molecule has 0 saturated heterocycles. The number of hydrogen-bond donors (Lipinski definition) is 1. The monoisotopic (exact) mass is 362 g/mol. The first-order valence-corrected chi connectivity index (χ1v) is 8.38. The number of aromatic nitrogens is 2. The summed E-state index contributed by atoms with van der Waals surface area (Å²) in [6.07, 6.45) is 1.00. The average Bonchev–Trinajstić information content (AvgIpc) is 2.62. The number of methoxy groups -OCH3 is 4. The molecule has 0 spiro atoms. The van der Waals surface area contributed by atoms with Crippen molar-refractivity contribution < 1.29 is 18.9 Å². The molecule has 2 aromatic rings. The van der Waals surface area contributed by atoms with Crippen LogP contribution in [0.3, 0.4) is 0 Å². The van der Waals surface area contributed by atoms with E-state index >= 15 is 0 Å². The molecular formula is C19H26N2O5. The standard InChI is InChI=1S/C19H26N2O5/c1-11(2)7-13-18(22)20-14(19(21-13)26-6)8-12-9-15(23-3)17(25-5)16(10-12)24-4/h9-11H,7-8H2,1-6H3,(H,20,22). The van der Waals surface area contributed by atoms with Gasteiger partial charge in [0.15, 0.2) is 11.5 Å². The van der Waals surface area contributed by atoms with E-state index in [1.165, 1.54) is 0 Å². The molecule has 0 fully saturated rings. The number of benzene rings is 1. The molecule has 7 nitrogen and oxygen atoms in total. The van der Waals surface area contributed by atoms with Gasteiger partial charge < -0.3 is 23.9 Å². The summed E-state index contributed by atoms with van der Waals surface area (Å²) in [5.74, 6) is 2.35. The van der Waals surface area contributed by atoms with Crippen molar-refractivity contribution in [2.24, 2.45) is 5.92 Å². The number of H-pyrrole nitrogens is 1. The minimum atomic E-state index is -0.193. The number of nitrogens with one attached hydrogen (secondary N) is 1. The molecule has 0 bridgehead atoms. The van der Waals surface area contributed by atoms with Crippen molar-refractivity contribution in [3.63, 3.8) is 0 Å². The summed E-state index contributed by atoms with van der Waals surface area (Å²) in [4.78, 5) is 19.6. The molecule has 0 aliphatic rings. The fourth-order valence-corrected chi connectivity index (χ4v) is 2.76. The third kappa shape index (κ3) is 4.28. The summed E-state index contributed by atoms with van der Waals surface area (Å²) < 4.78 is 21.5. The second kappa shape index (κ2) is 8.60. The average molecular weight is 362 g/mol. The molecule has 0 unspecified atom stereocenters. The van der Waals surface area contributed by atoms with Gasteiger partial charge in [0.1, 0.15) is 5.69 Å². The Morgan fingerprint density at radius 1 is 1.00 bits per heavy atom. The van der Waals surface area contributed by atoms with E-state index in [1.807, 2.05) is 26.0 Å². The lowest BCUT2D eigenvalue weighted by Gasteiger charge is -2.15. The number of ether oxygens (including phenoxy) is 4. The van der Waals surface area contributed by atoms with Crippen LogP contribution in [0.4, 0.5) is 0 Å². The predicted molar refractivity (Wildman–Crippen MR) is 98.9 cm³/mol. The zero-order valence-electron chi connectivity index (χ0n) is 16.1. The first-order valence-electron chi connectivity index (χ1n) is 8.38. The van der Waals surface area contributed by atoms with Crippen LogP contribution < -0.4 is 24.5 Å². The second-order valence-corrected chi connectivity index (χ2v) is 6.31. The van der Waals surface area contributed by atoms with Crippen molar-refractivity contribution in [3.05, 3.63) is 39.4 Å². The van der Waals surface area contributed by atoms with Gasteiger partial charge in [-0.25, -0.2) is 4.98 Å². The number of aromatic amines is 1. The normalized spacial score (nSPS) is 10.7. The first-order chi connectivity index (χ1) is 12.4. The molecule has 1 aromatic carbocycles. The van der Waals surface area contributed by atoms with Gasteiger partial charge in [-0.3, -0.25) is 4.79 Å². The Bertz CT molecular complexity index is 789. The topological polar surface area (TPSA) is 82.7 Å². The van der Waals surface area contributed by atoms with E-state index in [1.54, 1.807) is 28.4 Å². The second-order valence-electron chi connectivity index (χ2n) is 6.31. The van der Waals surface area contributed by atoms with E-state index in [2.05, 4.69) is 9.97 Å². The molecule has 0 atom stereocenters. The van der Waals surface area contributed by atoms with Gasteiger partial charge in [-0.05, 0) is 30.0 Å². The summed E-state index contributed by atoms with van der Waals surface area (Å²) in [5, 5.41) is 0. The number of nitrogens with zero attached hydrogens (tertiary/aromatic N) is 1. The van der Waals surface area contributed by atoms with E-state index in [-0.39, 0.29) is 5.56 Å². The van der Waals surface area contributed by atoms with Crippen LogP contribution in [0.15, 0.2) is 16.9 Å². The fourth-order valence-electron chi connectivity index (χ4n) is 2.76. The third-order valence-electron chi connectivity index (χ3n) is 3.92. The quantitative estimate of drug-likeness (QED) is 0.777. The summed E-state index contributed by atoms with van der Waals surface area (Å²) in [6, 6.07) is 3.67. The molecule has 7 heteroatoms. The fraction of sp³-hybridized carbons (Fsp3) is 0.474. The third-order valence-corrected chi connectivity index (χ3v) is 3.92. The van der Waals surface area contributed by atoms with E-state index in [0.29, 0.717) is 53.3 Å². The van der Waals surface area contributed by atoms with Gasteiger partial charge in [0, 0.05) is 6.42 Å². The van der Waals surface area contributed by atoms with Gasteiger partial charge in [0.25, 0.3) is 5.56 Å². The van der Waals surface area contributed by atoms with Crippen LogP contribution >= 0.6 is 0 Å². The highest BCUT2D eigenvalue weighted by Gasteiger charge is 2.17. The minimum Gasteiger partial charge on any atom is -0.493 e. The Morgan fingerprint density at radius 2 is 1.62 bits per heavy atom. The van der Waals surface area contributed by atoms with Crippen molar-refractivity contribution in [2.75, 3.05) is 28.4 Å². The molecule has 1 aromatic heterocycles. The Labute approximate surface area is 153 Å². The van der Waals surface area contributed by atoms with Crippen LogP contribution in [0, 0.1) is 5.92 Å². The Kier molecular flexibility index (Phi) is 6.49. The molecule has 2 rings (SSSR count). The van der Waals surface area contributed by atoms with E-state index in [0.717, 1.165) is 5.56 Å². The van der Waals surface area contributed by atoms with E-state index < -0.39 is 0 Å². The lowest BCUT2D eigenvalue weighted by atomic mass is 10.1. The SMILES string of the molecule is COc1cc(Cc2[nH]c(=O)c(CC(C)C)nc2OC)cc(OC)c1OC. The van der Waals surface area contributed by atoms with E-state index in [9.17, 15) is 4.79 Å². The number of hydrogen-bond acceptors (Lipinski definition) is 6.